The van der Waals surface area contributed by atoms with Crippen molar-refractivity contribution in [3.05, 3.63) is 51.5 Å². The second kappa shape index (κ2) is 8.27. The number of benzene rings is 2. The first kappa shape index (κ1) is 19.8. The third-order valence-electron chi connectivity index (χ3n) is 3.66. The van der Waals surface area contributed by atoms with Crippen molar-refractivity contribution in [2.24, 2.45) is 0 Å². The van der Waals surface area contributed by atoms with Crippen molar-refractivity contribution in [1.82, 2.24) is 4.72 Å². The van der Waals surface area contributed by atoms with E-state index >= 15 is 0 Å². The second-order valence-electron chi connectivity index (χ2n) is 5.39. The lowest BCUT2D eigenvalue weighted by Gasteiger charge is -2.12. The van der Waals surface area contributed by atoms with Crippen molar-refractivity contribution in [3.8, 4) is 11.5 Å². The van der Waals surface area contributed by atoms with Crippen LogP contribution in [0.2, 0.25) is 10.0 Å². The molecule has 0 aliphatic carbocycles. The SMILES string of the molecule is COc1ccc(S(=O)(=O)NCCOc2ccc(C)c(C)c2)c(Cl)c1Cl. The number of sulfonamides is 1. The summed E-state index contributed by atoms with van der Waals surface area (Å²) in [6.07, 6.45) is 0. The second-order valence-corrected chi connectivity index (χ2v) is 7.88. The standard InChI is InChI=1S/C17H19Cl2NO4S/c1-11-4-5-13(10-12(11)2)24-9-8-20-25(21,22)15-7-6-14(23-3)16(18)17(15)19/h4-7,10,20H,8-9H2,1-3H3. The minimum atomic E-state index is -3.81. The number of hydrogen-bond acceptors (Lipinski definition) is 4. The summed E-state index contributed by atoms with van der Waals surface area (Å²) in [6, 6.07) is 8.50. The first-order valence-electron chi connectivity index (χ1n) is 7.48. The van der Waals surface area contributed by atoms with Gasteiger partial charge in [-0.05, 0) is 49.2 Å². The molecule has 0 bridgehead atoms. The zero-order valence-corrected chi connectivity index (χ0v) is 16.4. The van der Waals surface area contributed by atoms with Gasteiger partial charge in [0.1, 0.15) is 28.0 Å². The van der Waals surface area contributed by atoms with Gasteiger partial charge in [-0.3, -0.25) is 0 Å². The number of halogens is 2. The zero-order chi connectivity index (χ0) is 18.6. The average molecular weight is 404 g/mol. The molecule has 0 aliphatic rings. The van der Waals surface area contributed by atoms with Crippen LogP contribution in [0, 0.1) is 13.8 Å². The van der Waals surface area contributed by atoms with E-state index in [1.54, 1.807) is 0 Å². The monoisotopic (exact) mass is 403 g/mol. The Balaban J connectivity index is 2.00. The molecule has 2 aromatic carbocycles. The summed E-state index contributed by atoms with van der Waals surface area (Å²) in [5.74, 6) is 0.997. The molecule has 0 aromatic heterocycles. The lowest BCUT2D eigenvalue weighted by Crippen LogP contribution is -2.28. The molecule has 0 fully saturated rings. The molecule has 1 N–H and O–H groups in total. The van der Waals surface area contributed by atoms with Crippen LogP contribution in [0.3, 0.4) is 0 Å². The van der Waals surface area contributed by atoms with Gasteiger partial charge in [0, 0.05) is 6.54 Å². The van der Waals surface area contributed by atoms with Crippen molar-refractivity contribution < 1.29 is 17.9 Å². The van der Waals surface area contributed by atoms with Crippen LogP contribution in [0.1, 0.15) is 11.1 Å². The van der Waals surface area contributed by atoms with Crippen LogP contribution in [0.4, 0.5) is 0 Å². The Bertz CT molecular complexity index is 869. The number of aryl methyl sites for hydroxylation is 2. The summed E-state index contributed by atoms with van der Waals surface area (Å²) in [6.45, 7) is 4.27. The Morgan fingerprint density at radius 1 is 1.04 bits per heavy atom. The number of methoxy groups -OCH3 is 1. The van der Waals surface area contributed by atoms with Crippen LogP contribution in [0.5, 0.6) is 11.5 Å². The summed E-state index contributed by atoms with van der Waals surface area (Å²) in [5, 5.41) is -0.0259. The Morgan fingerprint density at radius 3 is 2.40 bits per heavy atom. The van der Waals surface area contributed by atoms with E-state index in [0.717, 1.165) is 5.56 Å². The molecule has 0 amide bonds. The first-order chi connectivity index (χ1) is 11.8. The fraction of sp³-hybridized carbons (Fsp3) is 0.294. The highest BCUT2D eigenvalue weighted by Crippen LogP contribution is 2.36. The molecule has 0 atom stereocenters. The largest absolute Gasteiger partial charge is 0.495 e. The van der Waals surface area contributed by atoms with Crippen molar-refractivity contribution >= 4 is 33.2 Å². The van der Waals surface area contributed by atoms with Gasteiger partial charge in [0.2, 0.25) is 10.0 Å². The Labute approximate surface area is 157 Å². The molecule has 8 heteroatoms. The van der Waals surface area contributed by atoms with Crippen molar-refractivity contribution in [2.75, 3.05) is 20.3 Å². The van der Waals surface area contributed by atoms with E-state index in [4.69, 9.17) is 32.7 Å². The van der Waals surface area contributed by atoms with Crippen LogP contribution in [-0.2, 0) is 10.0 Å². The molecule has 25 heavy (non-hydrogen) atoms. The minimum absolute atomic E-state index is 0.0541. The van der Waals surface area contributed by atoms with Crippen molar-refractivity contribution in [1.29, 1.82) is 0 Å². The van der Waals surface area contributed by atoms with Gasteiger partial charge in [0.05, 0.1) is 12.1 Å². The average Bonchev–Trinajstić information content (AvgIpc) is 2.57. The maximum Gasteiger partial charge on any atom is 0.242 e. The highest BCUT2D eigenvalue weighted by molar-refractivity contribution is 7.89. The molecule has 0 radical (unpaired) electrons. The molecule has 2 aromatic rings. The molecule has 0 spiro atoms. The Kier molecular flexibility index (Phi) is 6.57. The van der Waals surface area contributed by atoms with Gasteiger partial charge in [0.15, 0.2) is 0 Å². The van der Waals surface area contributed by atoms with Crippen molar-refractivity contribution in [2.45, 2.75) is 18.7 Å². The lowest BCUT2D eigenvalue weighted by molar-refractivity contribution is 0.322. The molecule has 0 unspecified atom stereocenters. The van der Waals surface area contributed by atoms with Gasteiger partial charge in [-0.15, -0.1) is 0 Å². The first-order valence-corrected chi connectivity index (χ1v) is 9.72. The third kappa shape index (κ3) is 4.79. The topological polar surface area (TPSA) is 64.6 Å². The third-order valence-corrected chi connectivity index (χ3v) is 6.14. The number of rotatable bonds is 7. The Morgan fingerprint density at radius 2 is 1.76 bits per heavy atom. The predicted molar refractivity (Wildman–Crippen MR) is 99.6 cm³/mol. The molecule has 2 rings (SSSR count). The van der Waals surface area contributed by atoms with E-state index in [2.05, 4.69) is 4.72 Å². The fourth-order valence-corrected chi connectivity index (χ4v) is 3.96. The molecule has 0 saturated carbocycles. The minimum Gasteiger partial charge on any atom is -0.495 e. The van der Waals surface area contributed by atoms with Crippen LogP contribution >= 0.6 is 23.2 Å². The quantitative estimate of drug-likeness (QED) is 0.710. The number of nitrogens with one attached hydrogen (secondary N) is 1. The summed E-state index contributed by atoms with van der Waals surface area (Å²) in [7, 11) is -2.38. The van der Waals surface area contributed by atoms with Gasteiger partial charge < -0.3 is 9.47 Å². The molecule has 0 saturated heterocycles. The zero-order valence-electron chi connectivity index (χ0n) is 14.1. The molecular formula is C17H19Cl2NO4S. The van der Waals surface area contributed by atoms with Gasteiger partial charge in [0.25, 0.3) is 0 Å². The van der Waals surface area contributed by atoms with E-state index in [0.29, 0.717) is 11.5 Å². The van der Waals surface area contributed by atoms with Crippen LogP contribution in [0.15, 0.2) is 35.2 Å². The predicted octanol–water partition coefficient (Wildman–Crippen LogP) is 3.98. The Hall–Kier alpha value is -1.47. The van der Waals surface area contributed by atoms with Crippen LogP contribution in [0.25, 0.3) is 0 Å². The van der Waals surface area contributed by atoms with Gasteiger partial charge in [-0.1, -0.05) is 29.3 Å². The van der Waals surface area contributed by atoms with E-state index in [1.807, 2.05) is 32.0 Å². The van der Waals surface area contributed by atoms with E-state index in [1.165, 1.54) is 24.8 Å². The normalized spacial score (nSPS) is 11.4. The lowest BCUT2D eigenvalue weighted by atomic mass is 10.1. The molecule has 0 aliphatic heterocycles. The summed E-state index contributed by atoms with van der Waals surface area (Å²) >= 11 is 12.0. The van der Waals surface area contributed by atoms with Crippen molar-refractivity contribution in [3.63, 3.8) is 0 Å². The highest BCUT2D eigenvalue weighted by atomic mass is 35.5. The maximum absolute atomic E-state index is 12.4. The summed E-state index contributed by atoms with van der Waals surface area (Å²) in [5.41, 5.74) is 2.27. The number of hydrogen-bond donors (Lipinski definition) is 1. The van der Waals surface area contributed by atoms with E-state index < -0.39 is 10.0 Å². The van der Waals surface area contributed by atoms with Gasteiger partial charge in [-0.2, -0.15) is 0 Å². The van der Waals surface area contributed by atoms with E-state index in [9.17, 15) is 8.42 Å². The summed E-state index contributed by atoms with van der Waals surface area (Å²) in [4.78, 5) is -0.105. The van der Waals surface area contributed by atoms with E-state index in [-0.39, 0.29) is 28.1 Å². The number of ether oxygens (including phenoxy) is 2. The fourth-order valence-electron chi connectivity index (χ4n) is 2.11. The molecule has 136 valence electrons. The van der Waals surface area contributed by atoms with Crippen LogP contribution in [-0.4, -0.2) is 28.7 Å². The van der Waals surface area contributed by atoms with Gasteiger partial charge in [-0.25, -0.2) is 13.1 Å². The maximum atomic E-state index is 12.4. The molecular weight excluding hydrogens is 385 g/mol. The molecule has 5 nitrogen and oxygen atoms in total. The molecule has 0 heterocycles. The smallest absolute Gasteiger partial charge is 0.242 e. The highest BCUT2D eigenvalue weighted by Gasteiger charge is 2.21. The van der Waals surface area contributed by atoms with Gasteiger partial charge >= 0.3 is 0 Å². The summed E-state index contributed by atoms with van der Waals surface area (Å²) < 4.78 is 37.7. The van der Waals surface area contributed by atoms with Crippen LogP contribution < -0.4 is 14.2 Å².